The van der Waals surface area contributed by atoms with Gasteiger partial charge in [-0.25, -0.2) is 0 Å². The molecule has 2 N–H and O–H groups in total. The van der Waals surface area contributed by atoms with E-state index < -0.39 is 0 Å². The fourth-order valence-electron chi connectivity index (χ4n) is 3.11. The van der Waals surface area contributed by atoms with Gasteiger partial charge in [0.1, 0.15) is 6.17 Å². The van der Waals surface area contributed by atoms with Crippen molar-refractivity contribution >= 4 is 17.2 Å². The van der Waals surface area contributed by atoms with Crippen molar-refractivity contribution < 1.29 is 9.90 Å². The Morgan fingerprint density at radius 2 is 2.05 bits per heavy atom. The quantitative estimate of drug-likeness (QED) is 0.868. The summed E-state index contributed by atoms with van der Waals surface area (Å²) < 4.78 is 0. The molecule has 1 atom stereocenters. The van der Waals surface area contributed by atoms with Gasteiger partial charge in [0.2, 0.25) is 5.91 Å². The van der Waals surface area contributed by atoms with Crippen LogP contribution in [-0.4, -0.2) is 34.6 Å². The first-order valence-electron chi connectivity index (χ1n) is 6.94. The number of carbonyl (C=O) groups is 1. The van der Waals surface area contributed by atoms with Crippen molar-refractivity contribution in [1.82, 2.24) is 10.2 Å². The fraction of sp³-hybridized carbons (Fsp3) is 0.643. The highest BCUT2D eigenvalue weighted by atomic mass is 32.1. The highest BCUT2D eigenvalue weighted by molar-refractivity contribution is 7.12. The topological polar surface area (TPSA) is 52.6 Å². The first-order chi connectivity index (χ1) is 9.15. The Hall–Kier alpha value is -0.910. The summed E-state index contributed by atoms with van der Waals surface area (Å²) >= 11 is 1.75. The van der Waals surface area contributed by atoms with Crippen LogP contribution in [0.5, 0.6) is 0 Å². The van der Waals surface area contributed by atoms with Gasteiger partial charge in [-0.15, -0.1) is 11.3 Å². The number of aryl methyl sites for hydroxylation is 1. The predicted octanol–water partition coefficient (Wildman–Crippen LogP) is 1.79. The van der Waals surface area contributed by atoms with E-state index in [9.17, 15) is 9.90 Å². The Labute approximate surface area is 117 Å². The molecule has 0 aromatic carbocycles. The summed E-state index contributed by atoms with van der Waals surface area (Å²) in [5, 5.41) is 12.9. The predicted molar refractivity (Wildman–Crippen MR) is 74.9 cm³/mol. The molecule has 3 rings (SSSR count). The molecule has 2 aliphatic rings. The number of amides is 1. The second-order valence-electron chi connectivity index (χ2n) is 5.50. The number of aliphatic hydroxyl groups is 1. The van der Waals surface area contributed by atoms with Crippen molar-refractivity contribution in [3.8, 4) is 0 Å². The summed E-state index contributed by atoms with van der Waals surface area (Å²) in [5.41, 5.74) is 0. The number of hydrogen-bond acceptors (Lipinski definition) is 4. The number of hydrogen-bond donors (Lipinski definition) is 2. The number of nitrogens with one attached hydrogen (secondary N) is 1. The maximum atomic E-state index is 12.2. The van der Waals surface area contributed by atoms with Crippen LogP contribution in [0.3, 0.4) is 0 Å². The van der Waals surface area contributed by atoms with Crippen LogP contribution in [0.1, 0.15) is 41.6 Å². The smallest absolute Gasteiger partial charge is 0.238 e. The molecule has 19 heavy (non-hydrogen) atoms. The molecule has 1 amide bonds. The Morgan fingerprint density at radius 3 is 2.68 bits per heavy atom. The van der Waals surface area contributed by atoms with Crippen LogP contribution in [-0.2, 0) is 4.79 Å². The number of nitrogens with zero attached hydrogens (tertiary/aromatic N) is 1. The van der Waals surface area contributed by atoms with Gasteiger partial charge < -0.3 is 10.0 Å². The number of aliphatic hydroxyl groups excluding tert-OH is 1. The molecule has 1 aromatic rings. The van der Waals surface area contributed by atoms with Gasteiger partial charge in [-0.05, 0) is 44.7 Å². The van der Waals surface area contributed by atoms with E-state index in [-0.39, 0.29) is 24.2 Å². The van der Waals surface area contributed by atoms with E-state index in [0.29, 0.717) is 6.54 Å². The first kappa shape index (κ1) is 13.1. The van der Waals surface area contributed by atoms with E-state index in [2.05, 4.69) is 24.4 Å². The SMILES string of the molecule is Cc1ccc(C2NCC(=O)N2C2CCC(O)CC2)s1. The zero-order chi connectivity index (χ0) is 13.4. The summed E-state index contributed by atoms with van der Waals surface area (Å²) in [6, 6.07) is 4.49. The Morgan fingerprint density at radius 1 is 1.32 bits per heavy atom. The second-order valence-corrected chi connectivity index (χ2v) is 6.81. The Balaban J connectivity index is 1.79. The summed E-state index contributed by atoms with van der Waals surface area (Å²) in [6.45, 7) is 2.52. The molecule has 1 saturated carbocycles. The molecule has 0 radical (unpaired) electrons. The van der Waals surface area contributed by atoms with Crippen LogP contribution in [0, 0.1) is 6.92 Å². The van der Waals surface area contributed by atoms with Gasteiger partial charge in [-0.3, -0.25) is 10.1 Å². The average molecular weight is 280 g/mol. The van der Waals surface area contributed by atoms with E-state index >= 15 is 0 Å². The monoisotopic (exact) mass is 280 g/mol. The van der Waals surface area contributed by atoms with E-state index in [1.54, 1.807) is 11.3 Å². The molecular formula is C14H20N2O2S. The molecule has 0 bridgehead atoms. The Kier molecular flexibility index (Phi) is 3.60. The number of carbonyl (C=O) groups excluding carboxylic acids is 1. The molecular weight excluding hydrogens is 260 g/mol. The van der Waals surface area contributed by atoms with Crippen molar-refractivity contribution in [3.05, 3.63) is 21.9 Å². The van der Waals surface area contributed by atoms with Gasteiger partial charge in [0.15, 0.2) is 0 Å². The fourth-order valence-corrected chi connectivity index (χ4v) is 4.06. The van der Waals surface area contributed by atoms with Gasteiger partial charge in [0, 0.05) is 15.8 Å². The Bertz CT molecular complexity index is 466. The molecule has 104 valence electrons. The lowest BCUT2D eigenvalue weighted by Crippen LogP contribution is -2.42. The lowest BCUT2D eigenvalue weighted by Gasteiger charge is -2.36. The van der Waals surface area contributed by atoms with Crippen LogP contribution in [0.15, 0.2) is 12.1 Å². The number of rotatable bonds is 2. The largest absolute Gasteiger partial charge is 0.393 e. The molecule has 1 unspecified atom stereocenters. The van der Waals surface area contributed by atoms with Crippen LogP contribution in [0.25, 0.3) is 0 Å². The summed E-state index contributed by atoms with van der Waals surface area (Å²) in [7, 11) is 0. The lowest BCUT2D eigenvalue weighted by atomic mass is 9.92. The van der Waals surface area contributed by atoms with E-state index in [4.69, 9.17) is 0 Å². The van der Waals surface area contributed by atoms with Crippen molar-refractivity contribution in [1.29, 1.82) is 0 Å². The molecule has 1 aliphatic heterocycles. The van der Waals surface area contributed by atoms with E-state index in [0.717, 1.165) is 25.7 Å². The van der Waals surface area contributed by atoms with Crippen LogP contribution < -0.4 is 5.32 Å². The average Bonchev–Trinajstić information content (AvgIpc) is 2.97. The summed E-state index contributed by atoms with van der Waals surface area (Å²) in [6.07, 6.45) is 3.30. The molecule has 5 heteroatoms. The van der Waals surface area contributed by atoms with Gasteiger partial charge in [-0.1, -0.05) is 0 Å². The van der Waals surface area contributed by atoms with Crippen molar-refractivity contribution in [2.75, 3.05) is 6.54 Å². The molecule has 2 fully saturated rings. The molecule has 1 aromatic heterocycles. The molecule has 1 aliphatic carbocycles. The van der Waals surface area contributed by atoms with Crippen molar-refractivity contribution in [2.45, 2.75) is 50.9 Å². The third kappa shape index (κ3) is 2.55. The molecule has 2 heterocycles. The minimum atomic E-state index is -0.177. The first-order valence-corrected chi connectivity index (χ1v) is 7.76. The van der Waals surface area contributed by atoms with Crippen LogP contribution in [0.4, 0.5) is 0 Å². The van der Waals surface area contributed by atoms with E-state index in [1.807, 2.05) is 4.90 Å². The van der Waals surface area contributed by atoms with Crippen molar-refractivity contribution in [2.24, 2.45) is 0 Å². The summed E-state index contributed by atoms with van der Waals surface area (Å²) in [5.74, 6) is 0.192. The zero-order valence-corrected chi connectivity index (χ0v) is 11.9. The lowest BCUT2D eigenvalue weighted by molar-refractivity contribution is -0.131. The highest BCUT2D eigenvalue weighted by Gasteiger charge is 2.38. The standard InChI is InChI=1S/C14H20N2O2S/c1-9-2-7-12(19-9)14-15-8-13(18)16(14)10-3-5-11(17)6-4-10/h2,7,10-11,14-15,17H,3-6,8H2,1H3. The van der Waals surface area contributed by atoms with Crippen molar-refractivity contribution in [3.63, 3.8) is 0 Å². The molecule has 0 spiro atoms. The van der Waals surface area contributed by atoms with Gasteiger partial charge >= 0.3 is 0 Å². The second kappa shape index (κ2) is 5.23. The van der Waals surface area contributed by atoms with Gasteiger partial charge in [0.05, 0.1) is 12.6 Å². The summed E-state index contributed by atoms with van der Waals surface area (Å²) in [4.78, 5) is 16.7. The maximum Gasteiger partial charge on any atom is 0.238 e. The van der Waals surface area contributed by atoms with E-state index in [1.165, 1.54) is 9.75 Å². The van der Waals surface area contributed by atoms with Crippen LogP contribution >= 0.6 is 11.3 Å². The highest BCUT2D eigenvalue weighted by Crippen LogP contribution is 2.34. The number of thiophene rings is 1. The molecule has 4 nitrogen and oxygen atoms in total. The maximum absolute atomic E-state index is 12.2. The third-order valence-electron chi connectivity index (χ3n) is 4.10. The van der Waals surface area contributed by atoms with Gasteiger partial charge in [0.25, 0.3) is 0 Å². The minimum Gasteiger partial charge on any atom is -0.393 e. The molecule has 1 saturated heterocycles. The normalized spacial score (nSPS) is 32.0. The zero-order valence-electron chi connectivity index (χ0n) is 11.1. The minimum absolute atomic E-state index is 0.0337. The third-order valence-corrected chi connectivity index (χ3v) is 5.16. The van der Waals surface area contributed by atoms with Crippen LogP contribution in [0.2, 0.25) is 0 Å². The van der Waals surface area contributed by atoms with Gasteiger partial charge in [-0.2, -0.15) is 0 Å².